The Bertz CT molecular complexity index is 1300. The molecule has 4 aromatic carbocycles. The van der Waals surface area contributed by atoms with Crippen molar-refractivity contribution >= 4 is 29.1 Å². The third-order valence-corrected chi connectivity index (χ3v) is 5.62. The van der Waals surface area contributed by atoms with Crippen molar-refractivity contribution in [2.45, 2.75) is 6.42 Å². The van der Waals surface area contributed by atoms with Gasteiger partial charge in [0, 0.05) is 17.0 Å². The fourth-order valence-electron chi connectivity index (χ4n) is 3.51. The molecule has 0 aliphatic carbocycles. The zero-order valence-corrected chi connectivity index (χ0v) is 19.7. The molecule has 174 valence electrons. The number of hydrogen-bond donors (Lipinski definition) is 2. The summed E-state index contributed by atoms with van der Waals surface area (Å²) in [6.45, 7) is -0.198. The standard InChI is InChI=1S/C29H24ClN3O2/c30-26-17-15-25(16-18-26)29(35)31-20-28(34)33-32-27(19-21-7-3-1-4-8-21)24-13-11-23(12-14-24)22-9-5-2-6-10-22/h1-18H,19-20H2,(H,31,35)(H,33,34). The number of rotatable bonds is 8. The average Bonchev–Trinajstić information content (AvgIpc) is 2.91. The van der Waals surface area contributed by atoms with Gasteiger partial charge in [-0.3, -0.25) is 9.59 Å². The van der Waals surface area contributed by atoms with Crippen molar-refractivity contribution < 1.29 is 9.59 Å². The van der Waals surface area contributed by atoms with Gasteiger partial charge in [-0.05, 0) is 46.5 Å². The van der Waals surface area contributed by atoms with Gasteiger partial charge in [-0.2, -0.15) is 5.10 Å². The van der Waals surface area contributed by atoms with E-state index in [0.29, 0.717) is 22.7 Å². The first-order valence-electron chi connectivity index (χ1n) is 11.2. The number of hydrogen-bond acceptors (Lipinski definition) is 3. The molecule has 0 aromatic heterocycles. The highest BCUT2D eigenvalue weighted by Gasteiger charge is 2.10. The quantitative estimate of drug-likeness (QED) is 0.258. The molecule has 0 saturated heterocycles. The Morgan fingerprint density at radius 3 is 1.91 bits per heavy atom. The van der Waals surface area contributed by atoms with E-state index in [4.69, 9.17) is 11.6 Å². The predicted octanol–water partition coefficient (Wildman–Crippen LogP) is 5.50. The van der Waals surface area contributed by atoms with Crippen molar-refractivity contribution in [1.29, 1.82) is 0 Å². The molecule has 0 saturated carbocycles. The number of halogens is 1. The lowest BCUT2D eigenvalue weighted by molar-refractivity contribution is -0.120. The third kappa shape index (κ3) is 6.88. The van der Waals surface area contributed by atoms with E-state index < -0.39 is 5.91 Å². The summed E-state index contributed by atoms with van der Waals surface area (Å²) in [5, 5.41) is 7.53. The largest absolute Gasteiger partial charge is 0.343 e. The van der Waals surface area contributed by atoms with Gasteiger partial charge in [0.15, 0.2) is 0 Å². The summed E-state index contributed by atoms with van der Waals surface area (Å²) in [6, 6.07) is 34.6. The maximum Gasteiger partial charge on any atom is 0.259 e. The van der Waals surface area contributed by atoms with Crippen molar-refractivity contribution in [2.75, 3.05) is 6.54 Å². The topological polar surface area (TPSA) is 70.6 Å². The van der Waals surface area contributed by atoms with Crippen LogP contribution in [0.25, 0.3) is 11.1 Å². The van der Waals surface area contributed by atoms with E-state index in [0.717, 1.165) is 22.3 Å². The molecular formula is C29H24ClN3O2. The molecular weight excluding hydrogens is 458 g/mol. The van der Waals surface area contributed by atoms with E-state index in [2.05, 4.69) is 28.0 Å². The maximum absolute atomic E-state index is 12.4. The lowest BCUT2D eigenvalue weighted by Gasteiger charge is -2.10. The van der Waals surface area contributed by atoms with E-state index in [1.165, 1.54) is 0 Å². The zero-order chi connectivity index (χ0) is 24.5. The second-order valence-electron chi connectivity index (χ2n) is 7.89. The van der Waals surface area contributed by atoms with Crippen LogP contribution in [0, 0.1) is 0 Å². The first kappa shape index (κ1) is 23.9. The first-order chi connectivity index (χ1) is 17.1. The Morgan fingerprint density at radius 1 is 0.686 bits per heavy atom. The smallest absolute Gasteiger partial charge is 0.259 e. The molecule has 4 rings (SSSR count). The van der Waals surface area contributed by atoms with E-state index in [1.807, 2.05) is 72.8 Å². The predicted molar refractivity (Wildman–Crippen MR) is 140 cm³/mol. The van der Waals surface area contributed by atoms with E-state index in [-0.39, 0.29) is 12.5 Å². The normalized spacial score (nSPS) is 11.1. The van der Waals surface area contributed by atoms with Crippen LogP contribution < -0.4 is 10.7 Å². The van der Waals surface area contributed by atoms with E-state index in [1.54, 1.807) is 24.3 Å². The second kappa shape index (κ2) is 11.8. The van der Waals surface area contributed by atoms with Crippen LogP contribution in [-0.4, -0.2) is 24.1 Å². The molecule has 35 heavy (non-hydrogen) atoms. The molecule has 5 nitrogen and oxygen atoms in total. The first-order valence-corrected chi connectivity index (χ1v) is 11.6. The molecule has 0 unspecified atom stereocenters. The van der Waals surface area contributed by atoms with Gasteiger partial charge < -0.3 is 5.32 Å². The molecule has 0 fully saturated rings. The Labute approximate surface area is 209 Å². The molecule has 6 heteroatoms. The van der Waals surface area contributed by atoms with Crippen LogP contribution in [0.4, 0.5) is 0 Å². The van der Waals surface area contributed by atoms with Crippen molar-refractivity contribution in [2.24, 2.45) is 5.10 Å². The van der Waals surface area contributed by atoms with Crippen LogP contribution in [-0.2, 0) is 11.2 Å². The highest BCUT2D eigenvalue weighted by Crippen LogP contribution is 2.20. The molecule has 0 aliphatic heterocycles. The fourth-order valence-corrected chi connectivity index (χ4v) is 3.64. The zero-order valence-electron chi connectivity index (χ0n) is 18.9. The lowest BCUT2D eigenvalue weighted by Crippen LogP contribution is -2.35. The highest BCUT2D eigenvalue weighted by molar-refractivity contribution is 6.30. The Balaban J connectivity index is 1.46. The molecule has 2 amide bonds. The van der Waals surface area contributed by atoms with Gasteiger partial charge in [-0.15, -0.1) is 0 Å². The summed E-state index contributed by atoms with van der Waals surface area (Å²) in [7, 11) is 0. The van der Waals surface area contributed by atoms with Gasteiger partial charge in [0.2, 0.25) is 0 Å². The van der Waals surface area contributed by atoms with Crippen LogP contribution in [0.2, 0.25) is 5.02 Å². The lowest BCUT2D eigenvalue weighted by atomic mass is 9.99. The number of nitrogens with zero attached hydrogens (tertiary/aromatic N) is 1. The van der Waals surface area contributed by atoms with Gasteiger partial charge in [-0.1, -0.05) is 96.5 Å². The van der Waals surface area contributed by atoms with Crippen LogP contribution in [0.5, 0.6) is 0 Å². The maximum atomic E-state index is 12.4. The Morgan fingerprint density at radius 2 is 1.26 bits per heavy atom. The van der Waals surface area contributed by atoms with Gasteiger partial charge in [0.05, 0.1) is 12.3 Å². The minimum Gasteiger partial charge on any atom is -0.343 e. The molecule has 0 aliphatic rings. The van der Waals surface area contributed by atoms with Crippen molar-refractivity contribution in [3.05, 3.63) is 131 Å². The number of benzene rings is 4. The molecule has 0 bridgehead atoms. The number of carbonyl (C=O) groups excluding carboxylic acids is 2. The van der Waals surface area contributed by atoms with Crippen molar-refractivity contribution in [1.82, 2.24) is 10.7 Å². The SMILES string of the molecule is O=C(CNC(=O)c1ccc(Cl)cc1)NN=C(Cc1ccccc1)c1ccc(-c2ccccc2)cc1. The molecule has 4 aromatic rings. The molecule has 0 atom stereocenters. The molecule has 2 N–H and O–H groups in total. The summed E-state index contributed by atoms with van der Waals surface area (Å²) >= 11 is 5.85. The van der Waals surface area contributed by atoms with Crippen molar-refractivity contribution in [3.8, 4) is 11.1 Å². The summed E-state index contributed by atoms with van der Waals surface area (Å²) in [6.07, 6.45) is 0.545. The van der Waals surface area contributed by atoms with Crippen LogP contribution >= 0.6 is 11.6 Å². The van der Waals surface area contributed by atoms with E-state index in [9.17, 15) is 9.59 Å². The van der Waals surface area contributed by atoms with Gasteiger partial charge in [0.25, 0.3) is 11.8 Å². The number of hydrazone groups is 1. The number of amides is 2. The van der Waals surface area contributed by atoms with Crippen LogP contribution in [0.3, 0.4) is 0 Å². The van der Waals surface area contributed by atoms with Gasteiger partial charge in [-0.25, -0.2) is 5.43 Å². The van der Waals surface area contributed by atoms with E-state index >= 15 is 0 Å². The monoisotopic (exact) mass is 481 g/mol. The van der Waals surface area contributed by atoms with Crippen LogP contribution in [0.15, 0.2) is 114 Å². The van der Waals surface area contributed by atoms with Gasteiger partial charge >= 0.3 is 0 Å². The molecule has 0 radical (unpaired) electrons. The Kier molecular flexibility index (Phi) is 8.04. The minimum atomic E-state index is -0.418. The minimum absolute atomic E-state index is 0.198. The van der Waals surface area contributed by atoms with Gasteiger partial charge in [0.1, 0.15) is 0 Å². The third-order valence-electron chi connectivity index (χ3n) is 5.37. The second-order valence-corrected chi connectivity index (χ2v) is 8.33. The Hall–Kier alpha value is -4.22. The fraction of sp³-hybridized carbons (Fsp3) is 0.0690. The highest BCUT2D eigenvalue weighted by atomic mass is 35.5. The molecule has 0 spiro atoms. The number of nitrogens with one attached hydrogen (secondary N) is 2. The number of carbonyl (C=O) groups is 2. The summed E-state index contributed by atoms with van der Waals surface area (Å²) in [5.41, 5.74) is 7.92. The summed E-state index contributed by atoms with van der Waals surface area (Å²) in [4.78, 5) is 24.6. The molecule has 0 heterocycles. The summed E-state index contributed by atoms with van der Waals surface area (Å²) in [5.74, 6) is -0.777. The van der Waals surface area contributed by atoms with Crippen molar-refractivity contribution in [3.63, 3.8) is 0 Å². The summed E-state index contributed by atoms with van der Waals surface area (Å²) < 4.78 is 0. The van der Waals surface area contributed by atoms with Crippen LogP contribution in [0.1, 0.15) is 21.5 Å². The average molecular weight is 482 g/mol.